The summed E-state index contributed by atoms with van der Waals surface area (Å²) in [6.45, 7) is 0. The molecule has 15 heteroatoms. The monoisotopic (exact) mass is 366 g/mol. The third-order valence-electron chi connectivity index (χ3n) is 2.15. The van der Waals surface area contributed by atoms with E-state index in [-0.39, 0.29) is 18.9 Å². The van der Waals surface area contributed by atoms with Crippen molar-refractivity contribution in [2.24, 2.45) is 0 Å². The molecule has 3 nitrogen and oxygen atoms in total. The predicted octanol–water partition coefficient (Wildman–Crippen LogP) is -0.619. The van der Waals surface area contributed by atoms with E-state index in [0.29, 0.717) is 0 Å². The summed E-state index contributed by atoms with van der Waals surface area (Å²) in [5.41, 5.74) is -5.20. The molecule has 0 amide bonds. The first-order valence-corrected chi connectivity index (χ1v) is 6.10. The summed E-state index contributed by atoms with van der Waals surface area (Å²) in [6, 6.07) is 0. The Labute approximate surface area is 129 Å². The van der Waals surface area contributed by atoms with Gasteiger partial charge >= 0.3 is 30.7 Å². The average molecular weight is 366 g/mol. The molecule has 0 rings (SSSR count). The van der Waals surface area contributed by atoms with Crippen LogP contribution in [0, 0.1) is 0 Å². The fraction of sp³-hybridized carbons (Fsp3) is 1.00. The van der Waals surface area contributed by atoms with E-state index in [9.17, 15) is 56.9 Å². The average Bonchev–Trinajstić information content (AvgIpc) is 2.33. The molecule has 0 aliphatic heterocycles. The number of rotatable bonds is 7. The Kier molecular flexibility index (Phi) is 8.30. The smallest absolute Gasteiger partial charge is 0.746 e. The fourth-order valence-electron chi connectivity index (χ4n) is 1.02. The number of hydrogen-bond acceptors (Lipinski definition) is 3. The van der Waals surface area contributed by atoms with Crippen LogP contribution < -0.4 is 18.9 Å². The van der Waals surface area contributed by atoms with Crippen molar-refractivity contribution < 1.29 is 75.7 Å². The Morgan fingerprint density at radius 1 is 0.773 bits per heavy atom. The number of hydrogen-bond donors (Lipinski definition) is 0. The molecule has 0 aromatic rings. The Bertz CT molecular complexity index is 457. The molecule has 0 N–H and O–H groups in total. The van der Waals surface area contributed by atoms with Crippen molar-refractivity contribution >= 4 is 10.1 Å². The summed E-state index contributed by atoms with van der Waals surface area (Å²) in [6.07, 6.45) is -18.2. The molecule has 0 heterocycles. The van der Waals surface area contributed by atoms with Crippen LogP contribution in [0.15, 0.2) is 0 Å². The molecule has 22 heavy (non-hydrogen) atoms. The summed E-state index contributed by atoms with van der Waals surface area (Å²) >= 11 is 0. The van der Waals surface area contributed by atoms with Crippen LogP contribution in [0.2, 0.25) is 0 Å². The van der Waals surface area contributed by atoms with Crippen molar-refractivity contribution in [1.82, 2.24) is 0 Å². The van der Waals surface area contributed by atoms with Gasteiger partial charge in [-0.05, 0) is 0 Å². The minimum atomic E-state index is -6.72. The van der Waals surface area contributed by atoms with E-state index in [0.717, 1.165) is 0 Å². The van der Waals surface area contributed by atoms with Gasteiger partial charge in [0, 0.05) is 0 Å². The largest absolute Gasteiger partial charge is 1.00 e. The summed E-state index contributed by atoms with van der Waals surface area (Å²) in [5.74, 6) is -13.2. The van der Waals surface area contributed by atoms with E-state index in [2.05, 4.69) is 0 Å². The topological polar surface area (TPSA) is 57.2 Å². The van der Waals surface area contributed by atoms with E-state index in [1.165, 1.54) is 0 Å². The maximum atomic E-state index is 12.8. The first kappa shape index (κ1) is 24.1. The molecule has 0 spiro atoms. The summed E-state index contributed by atoms with van der Waals surface area (Å²) in [5, 5.41) is 0. The second kappa shape index (κ2) is 7.58. The van der Waals surface area contributed by atoms with Crippen molar-refractivity contribution in [3.8, 4) is 0 Å². The standard InChI is InChI=1S/C7H6F10O3S.Li/c8-1(2(9)4(11)12)3(10)6(14,15)7(16,17)5(13)21(18,19)20;/h1-5H,(H,18,19,20);/q;+1/p-1. The van der Waals surface area contributed by atoms with Gasteiger partial charge < -0.3 is 4.55 Å². The van der Waals surface area contributed by atoms with Gasteiger partial charge in [0.15, 0.2) is 12.3 Å². The van der Waals surface area contributed by atoms with Crippen molar-refractivity contribution in [2.75, 3.05) is 0 Å². The van der Waals surface area contributed by atoms with Crippen LogP contribution in [0.4, 0.5) is 43.9 Å². The van der Waals surface area contributed by atoms with Crippen molar-refractivity contribution in [3.05, 3.63) is 0 Å². The quantitative estimate of drug-likeness (QED) is 0.343. The van der Waals surface area contributed by atoms with E-state index >= 15 is 0 Å². The van der Waals surface area contributed by atoms with Crippen LogP contribution in [0.3, 0.4) is 0 Å². The van der Waals surface area contributed by atoms with Crippen LogP contribution in [0.1, 0.15) is 0 Å². The first-order chi connectivity index (χ1) is 9.08. The third-order valence-corrected chi connectivity index (χ3v) is 2.96. The second-order valence-corrected chi connectivity index (χ2v) is 5.08. The van der Waals surface area contributed by atoms with Gasteiger partial charge in [-0.3, -0.25) is 0 Å². The Morgan fingerprint density at radius 2 is 1.14 bits per heavy atom. The van der Waals surface area contributed by atoms with E-state index in [1.54, 1.807) is 0 Å². The van der Waals surface area contributed by atoms with Gasteiger partial charge in [-0.25, -0.2) is 34.8 Å². The molecule has 4 unspecified atom stereocenters. The minimum absolute atomic E-state index is 0. The zero-order valence-electron chi connectivity index (χ0n) is 10.3. The van der Waals surface area contributed by atoms with Crippen LogP contribution in [0.5, 0.6) is 0 Å². The molecule has 0 aromatic heterocycles. The SMILES string of the molecule is O=S(=O)([O-])C(F)C(F)(F)C(F)(F)C(F)C(F)C(F)C(F)F.[Li+]. The maximum absolute atomic E-state index is 12.8. The Hall–Kier alpha value is -0.193. The van der Waals surface area contributed by atoms with E-state index in [1.807, 2.05) is 0 Å². The summed E-state index contributed by atoms with van der Waals surface area (Å²) in [7, 11) is -6.72. The molecule has 0 fully saturated rings. The van der Waals surface area contributed by atoms with Crippen LogP contribution >= 0.6 is 0 Å². The normalized spacial score (nSPS) is 19.3. The van der Waals surface area contributed by atoms with E-state index < -0.39 is 52.4 Å². The zero-order valence-corrected chi connectivity index (χ0v) is 11.1. The zero-order chi connectivity index (χ0) is 17.4. The van der Waals surface area contributed by atoms with Gasteiger partial charge in [0.05, 0.1) is 0 Å². The second-order valence-electron chi connectivity index (χ2n) is 3.68. The molecule has 0 saturated heterocycles. The molecule has 0 aliphatic carbocycles. The van der Waals surface area contributed by atoms with E-state index in [4.69, 9.17) is 0 Å². The number of halogens is 10. The number of alkyl halides is 10. The van der Waals surface area contributed by atoms with Crippen LogP contribution in [0.25, 0.3) is 0 Å². The molecular weight excluding hydrogens is 361 g/mol. The molecule has 0 saturated carbocycles. The summed E-state index contributed by atoms with van der Waals surface area (Å²) in [4.78, 5) is 0. The molecule has 0 bridgehead atoms. The fourth-order valence-corrected chi connectivity index (χ4v) is 1.54. The summed E-state index contributed by atoms with van der Waals surface area (Å²) < 4.78 is 154. The Morgan fingerprint density at radius 3 is 1.41 bits per heavy atom. The molecule has 128 valence electrons. The molecule has 4 atom stereocenters. The predicted molar refractivity (Wildman–Crippen MR) is 45.2 cm³/mol. The van der Waals surface area contributed by atoms with Gasteiger partial charge in [0.25, 0.3) is 11.9 Å². The van der Waals surface area contributed by atoms with Crippen molar-refractivity contribution in [1.29, 1.82) is 0 Å². The first-order valence-electron chi connectivity index (χ1n) is 4.63. The van der Waals surface area contributed by atoms with Crippen molar-refractivity contribution in [3.63, 3.8) is 0 Å². The maximum Gasteiger partial charge on any atom is 1.00 e. The molecule has 0 aromatic carbocycles. The van der Waals surface area contributed by atoms with Crippen molar-refractivity contribution in [2.45, 2.75) is 42.3 Å². The van der Waals surface area contributed by atoms with Gasteiger partial charge in [-0.15, -0.1) is 0 Å². The molecular formula is C7H5F10LiO3S. The Balaban J connectivity index is 0. The van der Waals surface area contributed by atoms with Crippen LogP contribution in [-0.2, 0) is 10.1 Å². The third kappa shape index (κ3) is 4.65. The van der Waals surface area contributed by atoms with Gasteiger partial charge in [-0.1, -0.05) is 0 Å². The molecule has 0 radical (unpaired) electrons. The van der Waals surface area contributed by atoms with Gasteiger partial charge in [-0.2, -0.15) is 17.6 Å². The van der Waals surface area contributed by atoms with Gasteiger partial charge in [0.1, 0.15) is 10.1 Å². The molecule has 0 aliphatic rings. The van der Waals surface area contributed by atoms with Crippen LogP contribution in [-0.4, -0.2) is 55.3 Å². The van der Waals surface area contributed by atoms with Gasteiger partial charge in [0.2, 0.25) is 6.17 Å². The minimum Gasteiger partial charge on any atom is -0.746 e.